The molecule has 0 aliphatic carbocycles. The van der Waals surface area contributed by atoms with E-state index in [1.165, 1.54) is 6.92 Å². The zero-order chi connectivity index (χ0) is 7.44. The Balaban J connectivity index is 3.89. The molecule has 3 heteroatoms. The van der Waals surface area contributed by atoms with Gasteiger partial charge in [0.2, 0.25) is 11.6 Å². The summed E-state index contributed by atoms with van der Waals surface area (Å²) in [6.45, 7) is 2.87. The molecule has 0 heterocycles. The van der Waals surface area contributed by atoms with Crippen LogP contribution in [0.15, 0.2) is 0 Å². The van der Waals surface area contributed by atoms with Crippen molar-refractivity contribution in [1.29, 1.82) is 0 Å². The Morgan fingerprint density at radius 3 is 2.11 bits per heavy atom. The second-order valence-electron chi connectivity index (χ2n) is 1.82. The SMILES string of the molecule is CCC(=O)C(=O)C(C)O. The van der Waals surface area contributed by atoms with Crippen LogP contribution in [-0.4, -0.2) is 22.8 Å². The molecule has 0 rings (SSSR count). The van der Waals surface area contributed by atoms with E-state index in [0.29, 0.717) is 0 Å². The maximum absolute atomic E-state index is 10.5. The van der Waals surface area contributed by atoms with Crippen LogP contribution in [0.1, 0.15) is 20.3 Å². The first-order valence-corrected chi connectivity index (χ1v) is 2.84. The smallest absolute Gasteiger partial charge is 0.226 e. The van der Waals surface area contributed by atoms with Gasteiger partial charge < -0.3 is 5.11 Å². The lowest BCUT2D eigenvalue weighted by atomic mass is 10.1. The summed E-state index contributed by atoms with van der Waals surface area (Å²) in [6, 6.07) is 0. The first-order chi connectivity index (χ1) is 4.09. The Kier molecular flexibility index (Phi) is 3.09. The van der Waals surface area contributed by atoms with Gasteiger partial charge in [-0.25, -0.2) is 0 Å². The number of hydrogen-bond acceptors (Lipinski definition) is 3. The molecule has 0 bridgehead atoms. The van der Waals surface area contributed by atoms with E-state index in [9.17, 15) is 9.59 Å². The third-order valence-corrected chi connectivity index (χ3v) is 0.975. The molecular formula is C6H10O3. The predicted molar refractivity (Wildman–Crippen MR) is 32.0 cm³/mol. The molecule has 1 atom stereocenters. The molecule has 0 aliphatic heterocycles. The van der Waals surface area contributed by atoms with Crippen molar-refractivity contribution < 1.29 is 14.7 Å². The summed E-state index contributed by atoms with van der Waals surface area (Å²) in [6.07, 6.45) is -0.971. The van der Waals surface area contributed by atoms with E-state index in [1.54, 1.807) is 6.92 Å². The van der Waals surface area contributed by atoms with Crippen molar-refractivity contribution in [2.45, 2.75) is 26.4 Å². The monoisotopic (exact) mass is 130 g/mol. The molecular weight excluding hydrogens is 120 g/mol. The lowest BCUT2D eigenvalue weighted by Gasteiger charge is -1.97. The van der Waals surface area contributed by atoms with Crippen LogP contribution in [0.25, 0.3) is 0 Å². The van der Waals surface area contributed by atoms with Crippen LogP contribution >= 0.6 is 0 Å². The van der Waals surface area contributed by atoms with E-state index >= 15 is 0 Å². The van der Waals surface area contributed by atoms with Crippen molar-refractivity contribution in [2.24, 2.45) is 0 Å². The van der Waals surface area contributed by atoms with Gasteiger partial charge in [0, 0.05) is 6.42 Å². The van der Waals surface area contributed by atoms with E-state index in [-0.39, 0.29) is 6.42 Å². The van der Waals surface area contributed by atoms with Gasteiger partial charge >= 0.3 is 0 Å². The van der Waals surface area contributed by atoms with E-state index in [4.69, 9.17) is 5.11 Å². The second kappa shape index (κ2) is 3.35. The minimum atomic E-state index is -1.14. The first-order valence-electron chi connectivity index (χ1n) is 2.84. The minimum absolute atomic E-state index is 0.170. The molecule has 1 unspecified atom stereocenters. The molecule has 0 saturated carbocycles. The van der Waals surface area contributed by atoms with Crippen LogP contribution in [0, 0.1) is 0 Å². The predicted octanol–water partition coefficient (Wildman–Crippen LogP) is -0.0846. The molecule has 9 heavy (non-hydrogen) atoms. The summed E-state index contributed by atoms with van der Waals surface area (Å²) in [4.78, 5) is 20.9. The van der Waals surface area contributed by atoms with Crippen LogP contribution < -0.4 is 0 Å². The van der Waals surface area contributed by atoms with Crippen molar-refractivity contribution in [3.63, 3.8) is 0 Å². The van der Waals surface area contributed by atoms with E-state index in [1.807, 2.05) is 0 Å². The van der Waals surface area contributed by atoms with Gasteiger partial charge in [0.25, 0.3) is 0 Å². The minimum Gasteiger partial charge on any atom is -0.385 e. The third-order valence-electron chi connectivity index (χ3n) is 0.975. The zero-order valence-corrected chi connectivity index (χ0v) is 5.55. The zero-order valence-electron chi connectivity index (χ0n) is 5.55. The van der Waals surface area contributed by atoms with Gasteiger partial charge in [-0.2, -0.15) is 0 Å². The molecule has 52 valence electrons. The molecule has 0 radical (unpaired) electrons. The number of hydrogen-bond donors (Lipinski definition) is 1. The number of Topliss-reactive ketones (excluding diaryl/α,β-unsaturated/α-hetero) is 2. The average Bonchev–Trinajstić information content (AvgIpc) is 1.84. The quantitative estimate of drug-likeness (QED) is 0.543. The Hall–Kier alpha value is -0.700. The highest BCUT2D eigenvalue weighted by Gasteiger charge is 2.15. The van der Waals surface area contributed by atoms with Crippen molar-refractivity contribution in [2.75, 3.05) is 0 Å². The highest BCUT2D eigenvalue weighted by molar-refractivity contribution is 6.38. The van der Waals surface area contributed by atoms with Crippen LogP contribution in [0.4, 0.5) is 0 Å². The summed E-state index contributed by atoms with van der Waals surface area (Å²) in [7, 11) is 0. The normalized spacial score (nSPS) is 12.8. The lowest BCUT2D eigenvalue weighted by Crippen LogP contribution is -2.24. The van der Waals surface area contributed by atoms with E-state index in [0.717, 1.165) is 0 Å². The number of aliphatic hydroxyl groups is 1. The molecule has 3 nitrogen and oxygen atoms in total. The highest BCUT2D eigenvalue weighted by Crippen LogP contribution is 1.88. The maximum Gasteiger partial charge on any atom is 0.226 e. The van der Waals surface area contributed by atoms with Crippen molar-refractivity contribution >= 4 is 11.6 Å². The summed E-state index contributed by atoms with van der Waals surface area (Å²) >= 11 is 0. The van der Waals surface area contributed by atoms with Crippen molar-refractivity contribution in [1.82, 2.24) is 0 Å². The van der Waals surface area contributed by atoms with Crippen molar-refractivity contribution in [3.8, 4) is 0 Å². The first kappa shape index (κ1) is 8.30. The summed E-state index contributed by atoms with van der Waals surface area (Å²) < 4.78 is 0. The largest absolute Gasteiger partial charge is 0.385 e. The Morgan fingerprint density at radius 2 is 2.00 bits per heavy atom. The molecule has 0 aromatic heterocycles. The number of rotatable bonds is 3. The summed E-state index contributed by atoms with van der Waals surface area (Å²) in [5.41, 5.74) is 0. The topological polar surface area (TPSA) is 54.4 Å². The van der Waals surface area contributed by atoms with Gasteiger partial charge in [0.05, 0.1) is 0 Å². The fourth-order valence-corrected chi connectivity index (χ4v) is 0.407. The molecule has 0 amide bonds. The second-order valence-corrected chi connectivity index (χ2v) is 1.82. The highest BCUT2D eigenvalue weighted by atomic mass is 16.3. The van der Waals surface area contributed by atoms with Crippen LogP contribution in [0.5, 0.6) is 0 Å². The molecule has 1 N–H and O–H groups in total. The van der Waals surface area contributed by atoms with Crippen LogP contribution in [0.3, 0.4) is 0 Å². The van der Waals surface area contributed by atoms with Gasteiger partial charge in [-0.3, -0.25) is 9.59 Å². The lowest BCUT2D eigenvalue weighted by molar-refractivity contribution is -0.140. The number of carbonyl (C=O) groups is 2. The van der Waals surface area contributed by atoms with Gasteiger partial charge in [-0.1, -0.05) is 6.92 Å². The summed E-state index contributed by atoms with van der Waals surface area (Å²) in [5.74, 6) is -1.21. The Morgan fingerprint density at radius 1 is 1.56 bits per heavy atom. The van der Waals surface area contributed by atoms with Crippen LogP contribution in [-0.2, 0) is 9.59 Å². The fraction of sp³-hybridized carbons (Fsp3) is 0.667. The third kappa shape index (κ3) is 2.37. The standard InChI is InChI=1S/C6H10O3/c1-3-5(8)6(9)4(2)7/h4,7H,3H2,1-2H3. The molecule has 0 fully saturated rings. The molecule has 0 spiro atoms. The van der Waals surface area contributed by atoms with Gasteiger partial charge in [-0.15, -0.1) is 0 Å². The van der Waals surface area contributed by atoms with Gasteiger partial charge in [-0.05, 0) is 6.92 Å². The maximum atomic E-state index is 10.5. The van der Waals surface area contributed by atoms with Crippen molar-refractivity contribution in [3.05, 3.63) is 0 Å². The molecule has 0 aromatic carbocycles. The number of ketones is 2. The fourth-order valence-electron chi connectivity index (χ4n) is 0.407. The summed E-state index contributed by atoms with van der Waals surface area (Å²) in [5, 5.41) is 8.55. The number of carbonyl (C=O) groups excluding carboxylic acids is 2. The Labute approximate surface area is 53.7 Å². The Bertz CT molecular complexity index is 126. The molecule has 0 saturated heterocycles. The van der Waals surface area contributed by atoms with E-state index < -0.39 is 17.7 Å². The van der Waals surface area contributed by atoms with Gasteiger partial charge in [0.15, 0.2) is 0 Å². The van der Waals surface area contributed by atoms with Crippen LogP contribution in [0.2, 0.25) is 0 Å². The average molecular weight is 130 g/mol. The van der Waals surface area contributed by atoms with E-state index in [2.05, 4.69) is 0 Å². The molecule has 0 aliphatic rings. The molecule has 0 aromatic rings. The number of aliphatic hydroxyl groups excluding tert-OH is 1. The van der Waals surface area contributed by atoms with Gasteiger partial charge in [0.1, 0.15) is 6.10 Å².